The van der Waals surface area contributed by atoms with Crippen LogP contribution in [-0.2, 0) is 6.54 Å². The van der Waals surface area contributed by atoms with Gasteiger partial charge in [-0.3, -0.25) is 4.90 Å². The SMILES string of the molecule is Cc1ccc(CN2CC(C)CNCC(C)C2)cc1. The number of hydrogen-bond donors (Lipinski definition) is 1. The summed E-state index contributed by atoms with van der Waals surface area (Å²) in [6, 6.07) is 8.96. The highest BCUT2D eigenvalue weighted by atomic mass is 15.1. The molecule has 1 fully saturated rings. The third-order valence-electron chi connectivity index (χ3n) is 3.65. The lowest BCUT2D eigenvalue weighted by Gasteiger charge is -2.31. The Hall–Kier alpha value is -0.860. The van der Waals surface area contributed by atoms with E-state index < -0.39 is 0 Å². The van der Waals surface area contributed by atoms with E-state index in [9.17, 15) is 0 Å². The molecule has 18 heavy (non-hydrogen) atoms. The van der Waals surface area contributed by atoms with Crippen LogP contribution in [-0.4, -0.2) is 31.1 Å². The van der Waals surface area contributed by atoms with E-state index in [0.29, 0.717) is 0 Å². The average molecular weight is 246 g/mol. The predicted octanol–water partition coefficient (Wildman–Crippen LogP) is 2.67. The molecule has 0 aliphatic carbocycles. The zero-order valence-corrected chi connectivity index (χ0v) is 11.9. The Morgan fingerprint density at radius 3 is 2.17 bits per heavy atom. The van der Waals surface area contributed by atoms with Gasteiger partial charge in [-0.2, -0.15) is 0 Å². The molecule has 0 spiro atoms. The van der Waals surface area contributed by atoms with Gasteiger partial charge in [0, 0.05) is 19.6 Å². The van der Waals surface area contributed by atoms with E-state index in [1.807, 2.05) is 0 Å². The lowest BCUT2D eigenvalue weighted by Crippen LogP contribution is -2.42. The Bertz CT molecular complexity index is 346. The lowest BCUT2D eigenvalue weighted by molar-refractivity contribution is 0.178. The molecular weight excluding hydrogens is 220 g/mol. The Morgan fingerprint density at radius 1 is 1.06 bits per heavy atom. The summed E-state index contributed by atoms with van der Waals surface area (Å²) in [6.45, 7) is 12.6. The molecule has 2 unspecified atom stereocenters. The van der Waals surface area contributed by atoms with Gasteiger partial charge in [0.15, 0.2) is 0 Å². The van der Waals surface area contributed by atoms with Gasteiger partial charge in [0.1, 0.15) is 0 Å². The molecule has 1 aliphatic rings. The van der Waals surface area contributed by atoms with Crippen molar-refractivity contribution in [2.45, 2.75) is 27.3 Å². The molecule has 2 nitrogen and oxygen atoms in total. The van der Waals surface area contributed by atoms with E-state index in [1.54, 1.807) is 0 Å². The summed E-state index contributed by atoms with van der Waals surface area (Å²) in [7, 11) is 0. The maximum atomic E-state index is 3.55. The quantitative estimate of drug-likeness (QED) is 0.863. The predicted molar refractivity (Wildman–Crippen MR) is 77.7 cm³/mol. The third-order valence-corrected chi connectivity index (χ3v) is 3.65. The van der Waals surface area contributed by atoms with E-state index >= 15 is 0 Å². The Balaban J connectivity index is 1.98. The van der Waals surface area contributed by atoms with Crippen LogP contribution in [0.2, 0.25) is 0 Å². The zero-order valence-electron chi connectivity index (χ0n) is 11.9. The van der Waals surface area contributed by atoms with E-state index in [1.165, 1.54) is 24.2 Å². The van der Waals surface area contributed by atoms with Crippen LogP contribution in [0.1, 0.15) is 25.0 Å². The minimum atomic E-state index is 0.739. The smallest absolute Gasteiger partial charge is 0.0233 e. The summed E-state index contributed by atoms with van der Waals surface area (Å²) in [5, 5.41) is 3.55. The van der Waals surface area contributed by atoms with Crippen molar-refractivity contribution < 1.29 is 0 Å². The molecule has 100 valence electrons. The number of aryl methyl sites for hydroxylation is 1. The molecule has 2 heteroatoms. The summed E-state index contributed by atoms with van der Waals surface area (Å²) in [6.07, 6.45) is 0. The molecule has 0 bridgehead atoms. The third kappa shape index (κ3) is 4.11. The molecule has 1 saturated heterocycles. The molecule has 1 aliphatic heterocycles. The van der Waals surface area contributed by atoms with Gasteiger partial charge in [-0.05, 0) is 37.4 Å². The van der Waals surface area contributed by atoms with Crippen molar-refractivity contribution in [2.24, 2.45) is 11.8 Å². The van der Waals surface area contributed by atoms with Crippen molar-refractivity contribution in [3.8, 4) is 0 Å². The van der Waals surface area contributed by atoms with E-state index in [0.717, 1.165) is 31.5 Å². The van der Waals surface area contributed by atoms with Crippen LogP contribution >= 0.6 is 0 Å². The Kier molecular flexibility index (Phi) is 4.79. The number of rotatable bonds is 2. The van der Waals surface area contributed by atoms with Crippen LogP contribution in [0.3, 0.4) is 0 Å². The van der Waals surface area contributed by atoms with Crippen molar-refractivity contribution in [3.63, 3.8) is 0 Å². The molecule has 0 amide bonds. The van der Waals surface area contributed by atoms with Gasteiger partial charge in [0.05, 0.1) is 0 Å². The van der Waals surface area contributed by atoms with Gasteiger partial charge in [-0.15, -0.1) is 0 Å². The van der Waals surface area contributed by atoms with Gasteiger partial charge in [0.25, 0.3) is 0 Å². The minimum absolute atomic E-state index is 0.739. The molecule has 1 heterocycles. The number of benzene rings is 1. The van der Waals surface area contributed by atoms with Crippen LogP contribution in [0.4, 0.5) is 0 Å². The second-order valence-electron chi connectivity index (χ2n) is 6.05. The second-order valence-corrected chi connectivity index (χ2v) is 6.05. The molecule has 0 aromatic heterocycles. The lowest BCUT2D eigenvalue weighted by atomic mass is 10.0. The van der Waals surface area contributed by atoms with Crippen molar-refractivity contribution >= 4 is 0 Å². The first-order chi connectivity index (χ1) is 8.63. The van der Waals surface area contributed by atoms with Crippen molar-refractivity contribution in [2.75, 3.05) is 26.2 Å². The van der Waals surface area contributed by atoms with E-state index in [-0.39, 0.29) is 0 Å². The molecule has 1 N–H and O–H groups in total. The van der Waals surface area contributed by atoms with Crippen LogP contribution in [0.25, 0.3) is 0 Å². The second kappa shape index (κ2) is 6.35. The fourth-order valence-electron chi connectivity index (χ4n) is 2.74. The molecule has 2 atom stereocenters. The maximum absolute atomic E-state index is 3.55. The normalized spacial score (nSPS) is 26.6. The number of nitrogens with one attached hydrogen (secondary N) is 1. The fourth-order valence-corrected chi connectivity index (χ4v) is 2.74. The highest BCUT2D eigenvalue weighted by Gasteiger charge is 2.17. The molecule has 1 aromatic carbocycles. The average Bonchev–Trinajstić information content (AvgIpc) is 2.30. The molecule has 0 saturated carbocycles. The largest absolute Gasteiger partial charge is 0.316 e. The molecule has 2 rings (SSSR count). The highest BCUT2D eigenvalue weighted by molar-refractivity contribution is 5.21. The summed E-state index contributed by atoms with van der Waals surface area (Å²) < 4.78 is 0. The monoisotopic (exact) mass is 246 g/mol. The fraction of sp³-hybridized carbons (Fsp3) is 0.625. The van der Waals surface area contributed by atoms with Gasteiger partial charge in [-0.1, -0.05) is 43.7 Å². The number of nitrogens with zero attached hydrogens (tertiary/aromatic N) is 1. The van der Waals surface area contributed by atoms with Gasteiger partial charge in [0.2, 0.25) is 0 Å². The Morgan fingerprint density at radius 2 is 1.61 bits per heavy atom. The summed E-state index contributed by atoms with van der Waals surface area (Å²) in [4.78, 5) is 2.61. The van der Waals surface area contributed by atoms with Crippen LogP contribution in [0, 0.1) is 18.8 Å². The van der Waals surface area contributed by atoms with E-state index in [4.69, 9.17) is 0 Å². The maximum Gasteiger partial charge on any atom is 0.0233 e. The van der Waals surface area contributed by atoms with Gasteiger partial charge < -0.3 is 5.32 Å². The highest BCUT2D eigenvalue weighted by Crippen LogP contribution is 2.12. The summed E-state index contributed by atoms with van der Waals surface area (Å²) in [5.41, 5.74) is 2.78. The molecule has 1 aromatic rings. The standard InChI is InChI=1S/C16H26N2/c1-13-4-6-16(7-5-13)12-18-10-14(2)8-17-9-15(3)11-18/h4-7,14-15,17H,8-12H2,1-3H3. The zero-order chi connectivity index (χ0) is 13.0. The summed E-state index contributed by atoms with van der Waals surface area (Å²) in [5.74, 6) is 1.48. The van der Waals surface area contributed by atoms with Crippen molar-refractivity contribution in [3.05, 3.63) is 35.4 Å². The topological polar surface area (TPSA) is 15.3 Å². The minimum Gasteiger partial charge on any atom is -0.316 e. The first-order valence-electron chi connectivity index (χ1n) is 7.12. The molecule has 0 radical (unpaired) electrons. The van der Waals surface area contributed by atoms with Crippen LogP contribution in [0.15, 0.2) is 24.3 Å². The molecular formula is C16H26N2. The van der Waals surface area contributed by atoms with Crippen LogP contribution in [0.5, 0.6) is 0 Å². The number of hydrogen-bond acceptors (Lipinski definition) is 2. The first-order valence-corrected chi connectivity index (χ1v) is 7.12. The Labute approximate surface area is 111 Å². The van der Waals surface area contributed by atoms with Gasteiger partial charge >= 0.3 is 0 Å². The van der Waals surface area contributed by atoms with Gasteiger partial charge in [-0.25, -0.2) is 0 Å². The van der Waals surface area contributed by atoms with Crippen molar-refractivity contribution in [1.29, 1.82) is 0 Å². The summed E-state index contributed by atoms with van der Waals surface area (Å²) >= 11 is 0. The van der Waals surface area contributed by atoms with E-state index in [2.05, 4.69) is 55.3 Å². The van der Waals surface area contributed by atoms with Crippen LogP contribution < -0.4 is 5.32 Å². The first kappa shape index (κ1) is 13.6. The van der Waals surface area contributed by atoms with Crippen molar-refractivity contribution in [1.82, 2.24) is 10.2 Å².